The predicted molar refractivity (Wildman–Crippen MR) is 251 cm³/mol. The maximum Gasteiger partial charge on any atom is 0.162 e. The Morgan fingerprint density at radius 2 is 1.17 bits per heavy atom. The fourth-order valence-corrected chi connectivity index (χ4v) is 10.7. The molecule has 6 heteroatoms. The molecule has 12 rings (SSSR count). The molecule has 4 aromatic heterocycles. The van der Waals surface area contributed by atoms with Crippen molar-refractivity contribution in [2.75, 3.05) is 0 Å². The summed E-state index contributed by atoms with van der Waals surface area (Å²) in [5, 5.41) is 7.19. The van der Waals surface area contributed by atoms with Crippen LogP contribution in [0.4, 0.5) is 0 Å². The number of furan rings is 1. The summed E-state index contributed by atoms with van der Waals surface area (Å²) >= 11 is 4.32. The standard InChI is InChI=1S/C52H30IN3OS/c53-48-49(32-15-5-2-6-16-32)54-51(55-52(48)56-41-22-9-7-20-39(41)47-42(56)28-27-38-37-19-8-10-24-45(37)58-50(38)47)35-25-26-40-44(30-35)57-43-23-12-21-36(46(40)43)34-18-11-17-33(29-34)31-13-3-1-4-14-31/h1-30H. The molecule has 0 aliphatic carbocycles. The number of fused-ring (bicyclic) bond motifs is 10. The molecule has 0 radical (unpaired) electrons. The lowest BCUT2D eigenvalue weighted by atomic mass is 9.96. The van der Waals surface area contributed by atoms with Crippen LogP contribution in [-0.2, 0) is 0 Å². The van der Waals surface area contributed by atoms with Crippen molar-refractivity contribution in [1.29, 1.82) is 0 Å². The van der Waals surface area contributed by atoms with Crippen molar-refractivity contribution in [2.24, 2.45) is 0 Å². The second kappa shape index (κ2) is 13.2. The zero-order chi connectivity index (χ0) is 38.3. The van der Waals surface area contributed by atoms with Crippen LogP contribution < -0.4 is 0 Å². The highest BCUT2D eigenvalue weighted by molar-refractivity contribution is 14.1. The molecule has 0 atom stereocenters. The van der Waals surface area contributed by atoms with Crippen molar-refractivity contribution in [2.45, 2.75) is 0 Å². The van der Waals surface area contributed by atoms with E-state index in [9.17, 15) is 0 Å². The average molecular weight is 872 g/mol. The number of para-hydroxylation sites is 1. The summed E-state index contributed by atoms with van der Waals surface area (Å²) in [4.78, 5) is 10.8. The smallest absolute Gasteiger partial charge is 0.162 e. The summed E-state index contributed by atoms with van der Waals surface area (Å²) in [5.74, 6) is 1.49. The second-order valence-corrected chi connectivity index (χ2v) is 16.8. The van der Waals surface area contributed by atoms with E-state index in [0.717, 1.165) is 70.3 Å². The molecule has 0 aliphatic heterocycles. The molecule has 0 unspecified atom stereocenters. The van der Waals surface area contributed by atoms with E-state index in [1.807, 2.05) is 17.4 Å². The van der Waals surface area contributed by atoms with Crippen LogP contribution in [0.2, 0.25) is 0 Å². The molecule has 4 nitrogen and oxygen atoms in total. The highest BCUT2D eigenvalue weighted by atomic mass is 127. The summed E-state index contributed by atoms with van der Waals surface area (Å²) in [7, 11) is 0. The van der Waals surface area contributed by atoms with Crippen molar-refractivity contribution in [3.63, 3.8) is 0 Å². The number of aromatic nitrogens is 3. The maximum absolute atomic E-state index is 6.65. The van der Waals surface area contributed by atoms with Crippen LogP contribution >= 0.6 is 33.9 Å². The van der Waals surface area contributed by atoms with Crippen molar-refractivity contribution >= 4 is 97.8 Å². The molecule has 12 aromatic rings. The molecule has 4 heterocycles. The second-order valence-electron chi connectivity index (χ2n) is 14.6. The molecule has 0 amide bonds. The minimum atomic E-state index is 0.640. The maximum atomic E-state index is 6.65. The van der Waals surface area contributed by atoms with Gasteiger partial charge in [0.1, 0.15) is 11.2 Å². The van der Waals surface area contributed by atoms with Crippen molar-refractivity contribution < 1.29 is 4.42 Å². The van der Waals surface area contributed by atoms with E-state index in [0.29, 0.717) is 5.82 Å². The molecule has 0 spiro atoms. The van der Waals surface area contributed by atoms with E-state index in [1.54, 1.807) is 0 Å². The Labute approximate surface area is 350 Å². The van der Waals surface area contributed by atoms with Gasteiger partial charge in [0.25, 0.3) is 0 Å². The van der Waals surface area contributed by atoms with E-state index >= 15 is 0 Å². The molecule has 8 aromatic carbocycles. The van der Waals surface area contributed by atoms with Crippen LogP contribution in [0.5, 0.6) is 0 Å². The van der Waals surface area contributed by atoms with Gasteiger partial charge in [-0.25, -0.2) is 9.97 Å². The summed E-state index contributed by atoms with van der Waals surface area (Å²) in [6, 6.07) is 64.4. The number of rotatable bonds is 5. The quantitative estimate of drug-likeness (QED) is 0.162. The highest BCUT2D eigenvalue weighted by Crippen LogP contribution is 2.45. The van der Waals surface area contributed by atoms with E-state index in [-0.39, 0.29) is 0 Å². The monoisotopic (exact) mass is 871 g/mol. The summed E-state index contributed by atoms with van der Waals surface area (Å²) < 4.78 is 12.6. The zero-order valence-electron chi connectivity index (χ0n) is 30.9. The van der Waals surface area contributed by atoms with Gasteiger partial charge in [-0.2, -0.15) is 0 Å². The van der Waals surface area contributed by atoms with Crippen LogP contribution in [0.15, 0.2) is 186 Å². The lowest BCUT2D eigenvalue weighted by Crippen LogP contribution is -2.06. The number of thiophene rings is 1. The predicted octanol–water partition coefficient (Wildman–Crippen LogP) is 15.1. The fourth-order valence-electron chi connectivity index (χ4n) is 8.67. The van der Waals surface area contributed by atoms with Crippen LogP contribution in [-0.4, -0.2) is 14.5 Å². The molecule has 0 saturated carbocycles. The van der Waals surface area contributed by atoms with E-state index < -0.39 is 0 Å². The highest BCUT2D eigenvalue weighted by Gasteiger charge is 2.23. The number of hydrogen-bond donors (Lipinski definition) is 0. The molecule has 0 fully saturated rings. The largest absolute Gasteiger partial charge is 0.456 e. The minimum Gasteiger partial charge on any atom is -0.456 e. The Balaban J connectivity index is 1.07. The molecule has 58 heavy (non-hydrogen) atoms. The van der Waals surface area contributed by atoms with E-state index in [2.05, 4.69) is 203 Å². The van der Waals surface area contributed by atoms with Gasteiger partial charge in [0.2, 0.25) is 0 Å². The van der Waals surface area contributed by atoms with Crippen molar-refractivity contribution in [3.8, 4) is 50.7 Å². The summed E-state index contributed by atoms with van der Waals surface area (Å²) in [6.07, 6.45) is 0. The normalized spacial score (nSPS) is 11.9. The van der Waals surface area contributed by atoms with Gasteiger partial charge in [-0.05, 0) is 87.3 Å². The van der Waals surface area contributed by atoms with Gasteiger partial charge in [-0.3, -0.25) is 4.57 Å². The third-order valence-electron chi connectivity index (χ3n) is 11.3. The summed E-state index contributed by atoms with van der Waals surface area (Å²) in [6.45, 7) is 0. The molecular weight excluding hydrogens is 842 g/mol. The lowest BCUT2D eigenvalue weighted by molar-refractivity contribution is 0.669. The number of nitrogens with zero attached hydrogens (tertiary/aromatic N) is 3. The summed E-state index contributed by atoms with van der Waals surface area (Å²) in [5.41, 5.74) is 11.4. The lowest BCUT2D eigenvalue weighted by Gasteiger charge is -2.15. The van der Waals surface area contributed by atoms with E-state index in [1.165, 1.54) is 42.1 Å². The van der Waals surface area contributed by atoms with Gasteiger partial charge in [0.05, 0.1) is 20.3 Å². The molecule has 272 valence electrons. The van der Waals surface area contributed by atoms with Crippen molar-refractivity contribution in [3.05, 3.63) is 186 Å². The number of benzene rings is 8. The minimum absolute atomic E-state index is 0.640. The van der Waals surface area contributed by atoms with Gasteiger partial charge < -0.3 is 4.42 Å². The SMILES string of the molecule is Ic1c(-c2ccccc2)nc(-c2ccc3c(c2)oc2cccc(-c4cccc(-c5ccccc5)c4)c23)nc1-n1c2ccccc2c2c3sc4ccccc4c3ccc21. The van der Waals surface area contributed by atoms with Gasteiger partial charge in [0.15, 0.2) is 11.6 Å². The van der Waals surface area contributed by atoms with Gasteiger partial charge in [-0.1, -0.05) is 140 Å². The third-order valence-corrected chi connectivity index (χ3v) is 13.5. The Bertz CT molecular complexity index is 3590. The van der Waals surface area contributed by atoms with Crippen LogP contribution in [0.25, 0.3) is 115 Å². The Morgan fingerprint density at radius 3 is 2.03 bits per heavy atom. The van der Waals surface area contributed by atoms with Crippen LogP contribution in [0, 0.1) is 3.57 Å². The number of halogens is 1. The number of hydrogen-bond acceptors (Lipinski definition) is 4. The first-order valence-electron chi connectivity index (χ1n) is 19.3. The molecule has 0 aliphatic rings. The van der Waals surface area contributed by atoms with Gasteiger partial charge in [-0.15, -0.1) is 11.3 Å². The first kappa shape index (κ1) is 33.5. The third kappa shape index (κ3) is 5.18. The van der Waals surface area contributed by atoms with Gasteiger partial charge in [0, 0.05) is 52.8 Å². The zero-order valence-corrected chi connectivity index (χ0v) is 33.8. The Hall–Kier alpha value is -6.61. The van der Waals surface area contributed by atoms with Crippen molar-refractivity contribution in [1.82, 2.24) is 14.5 Å². The first-order valence-corrected chi connectivity index (χ1v) is 21.2. The Kier molecular flexibility index (Phi) is 7.65. The van der Waals surface area contributed by atoms with Crippen LogP contribution in [0.3, 0.4) is 0 Å². The van der Waals surface area contributed by atoms with Gasteiger partial charge >= 0.3 is 0 Å². The molecule has 0 N–H and O–H groups in total. The molecule has 0 saturated heterocycles. The van der Waals surface area contributed by atoms with E-state index in [4.69, 9.17) is 14.4 Å². The molecular formula is C52H30IN3OS. The van der Waals surface area contributed by atoms with Crippen LogP contribution in [0.1, 0.15) is 0 Å². The average Bonchev–Trinajstić information content (AvgIpc) is 3.96. The first-order chi connectivity index (χ1) is 28.7. The Morgan fingerprint density at radius 1 is 0.466 bits per heavy atom. The molecule has 0 bridgehead atoms. The topological polar surface area (TPSA) is 43.9 Å². The fraction of sp³-hybridized carbons (Fsp3) is 0.